The molecule has 0 aliphatic heterocycles. The maximum Gasteiger partial charge on any atom is 0.311 e. The van der Waals surface area contributed by atoms with Gasteiger partial charge in [-0.25, -0.2) is 0 Å². The van der Waals surface area contributed by atoms with Gasteiger partial charge in [-0.05, 0) is 43.1 Å². The number of aliphatic carboxylic acids is 1. The molecule has 82 valence electrons. The summed E-state index contributed by atoms with van der Waals surface area (Å²) in [5.41, 5.74) is 7.24. The number of carboxylic acids is 1. The van der Waals surface area contributed by atoms with E-state index in [1.165, 1.54) is 0 Å². The molecule has 0 bridgehead atoms. The first-order chi connectivity index (χ1) is 7.06. The molecule has 0 spiro atoms. The first-order valence-corrected chi connectivity index (χ1v) is 5.54. The van der Waals surface area contributed by atoms with Gasteiger partial charge in [-0.15, -0.1) is 0 Å². The molecule has 0 saturated heterocycles. The Bertz CT molecular complexity index is 366. The number of hydrogen-bond donors (Lipinski definition) is 2. The molecular formula is C11H14BrNO2. The van der Waals surface area contributed by atoms with E-state index in [4.69, 9.17) is 10.8 Å². The van der Waals surface area contributed by atoms with Gasteiger partial charge >= 0.3 is 5.97 Å². The maximum atomic E-state index is 11.1. The van der Waals surface area contributed by atoms with E-state index in [0.29, 0.717) is 13.0 Å². The standard InChI is InChI=1S/C11H14BrNO2/c1-7-2-3-8(12)6-10(7)9(4-5-13)11(14)15/h2-3,6,9H,4-5,13H2,1H3,(H,14,15). The topological polar surface area (TPSA) is 63.3 Å². The van der Waals surface area contributed by atoms with Crippen LogP contribution in [0.25, 0.3) is 0 Å². The molecule has 1 atom stereocenters. The third-order valence-corrected chi connectivity index (χ3v) is 2.86. The van der Waals surface area contributed by atoms with E-state index in [-0.39, 0.29) is 0 Å². The summed E-state index contributed by atoms with van der Waals surface area (Å²) in [7, 11) is 0. The summed E-state index contributed by atoms with van der Waals surface area (Å²) in [5.74, 6) is -1.32. The number of hydrogen-bond acceptors (Lipinski definition) is 2. The van der Waals surface area contributed by atoms with Crippen molar-refractivity contribution in [2.45, 2.75) is 19.3 Å². The molecule has 0 fully saturated rings. The molecule has 4 heteroatoms. The number of nitrogens with two attached hydrogens (primary N) is 1. The number of benzene rings is 1. The number of aryl methyl sites for hydroxylation is 1. The Labute approximate surface area is 97.4 Å². The summed E-state index contributed by atoms with van der Waals surface area (Å²) in [6.07, 6.45) is 0.465. The first-order valence-electron chi connectivity index (χ1n) is 4.75. The average Bonchev–Trinajstić information content (AvgIpc) is 2.18. The van der Waals surface area contributed by atoms with Gasteiger partial charge < -0.3 is 10.8 Å². The normalized spacial score (nSPS) is 12.5. The predicted octanol–water partition coefficient (Wildman–Crippen LogP) is 2.27. The molecule has 3 nitrogen and oxygen atoms in total. The minimum atomic E-state index is -0.818. The van der Waals surface area contributed by atoms with Crippen molar-refractivity contribution in [3.05, 3.63) is 33.8 Å². The quantitative estimate of drug-likeness (QED) is 0.883. The number of carbonyl (C=O) groups is 1. The monoisotopic (exact) mass is 271 g/mol. The number of rotatable bonds is 4. The van der Waals surface area contributed by atoms with Crippen LogP contribution in [0.1, 0.15) is 23.5 Å². The van der Waals surface area contributed by atoms with Gasteiger partial charge in [0.25, 0.3) is 0 Å². The van der Waals surface area contributed by atoms with Gasteiger partial charge in [0.15, 0.2) is 0 Å². The van der Waals surface area contributed by atoms with Gasteiger partial charge in [0.05, 0.1) is 5.92 Å². The van der Waals surface area contributed by atoms with E-state index in [2.05, 4.69) is 15.9 Å². The van der Waals surface area contributed by atoms with E-state index in [0.717, 1.165) is 15.6 Å². The Balaban J connectivity index is 3.09. The SMILES string of the molecule is Cc1ccc(Br)cc1C(CCN)C(=O)O. The summed E-state index contributed by atoms with van der Waals surface area (Å²) in [6.45, 7) is 2.29. The van der Waals surface area contributed by atoms with E-state index < -0.39 is 11.9 Å². The Hall–Kier alpha value is -0.870. The number of halogens is 1. The van der Waals surface area contributed by atoms with Crippen LogP contribution in [0.2, 0.25) is 0 Å². The third-order valence-electron chi connectivity index (χ3n) is 2.37. The lowest BCUT2D eigenvalue weighted by Gasteiger charge is -2.14. The molecule has 0 radical (unpaired) electrons. The van der Waals surface area contributed by atoms with E-state index >= 15 is 0 Å². The molecule has 1 unspecified atom stereocenters. The van der Waals surface area contributed by atoms with Gasteiger partial charge in [0.1, 0.15) is 0 Å². The Morgan fingerprint density at radius 3 is 2.80 bits per heavy atom. The smallest absolute Gasteiger partial charge is 0.311 e. The summed E-state index contributed by atoms with van der Waals surface area (Å²) >= 11 is 3.34. The zero-order valence-electron chi connectivity index (χ0n) is 8.53. The van der Waals surface area contributed by atoms with Crippen molar-refractivity contribution in [2.24, 2.45) is 5.73 Å². The highest BCUT2D eigenvalue weighted by Crippen LogP contribution is 2.26. The lowest BCUT2D eigenvalue weighted by molar-refractivity contribution is -0.138. The minimum Gasteiger partial charge on any atom is -0.481 e. The van der Waals surface area contributed by atoms with Crippen LogP contribution in [-0.2, 0) is 4.79 Å². The zero-order valence-corrected chi connectivity index (χ0v) is 10.1. The molecule has 1 aromatic carbocycles. The molecule has 0 aliphatic carbocycles. The van der Waals surface area contributed by atoms with Gasteiger partial charge in [0.2, 0.25) is 0 Å². The van der Waals surface area contributed by atoms with Gasteiger partial charge in [-0.2, -0.15) is 0 Å². The van der Waals surface area contributed by atoms with Gasteiger partial charge in [-0.1, -0.05) is 22.0 Å². The lowest BCUT2D eigenvalue weighted by atomic mass is 9.92. The first kappa shape index (κ1) is 12.2. The van der Waals surface area contributed by atoms with Crippen LogP contribution in [0.15, 0.2) is 22.7 Å². The second kappa shape index (κ2) is 5.28. The van der Waals surface area contributed by atoms with E-state index in [9.17, 15) is 4.79 Å². The molecule has 0 aromatic heterocycles. The van der Waals surface area contributed by atoms with Gasteiger partial charge in [0, 0.05) is 4.47 Å². The van der Waals surface area contributed by atoms with Gasteiger partial charge in [-0.3, -0.25) is 4.79 Å². The molecule has 15 heavy (non-hydrogen) atoms. The summed E-state index contributed by atoms with van der Waals surface area (Å²) in [6, 6.07) is 5.66. The fourth-order valence-electron chi connectivity index (χ4n) is 1.57. The van der Waals surface area contributed by atoms with Crippen LogP contribution in [0.3, 0.4) is 0 Å². The van der Waals surface area contributed by atoms with Crippen molar-refractivity contribution in [3.63, 3.8) is 0 Å². The second-order valence-electron chi connectivity index (χ2n) is 3.47. The highest BCUT2D eigenvalue weighted by molar-refractivity contribution is 9.10. The molecule has 0 saturated carbocycles. The Morgan fingerprint density at radius 1 is 1.60 bits per heavy atom. The Kier molecular flexibility index (Phi) is 4.29. The highest BCUT2D eigenvalue weighted by Gasteiger charge is 2.20. The van der Waals surface area contributed by atoms with Crippen LogP contribution in [0.4, 0.5) is 0 Å². The van der Waals surface area contributed by atoms with Crippen molar-refractivity contribution >= 4 is 21.9 Å². The second-order valence-corrected chi connectivity index (χ2v) is 4.38. The predicted molar refractivity (Wildman–Crippen MR) is 62.9 cm³/mol. The molecular weight excluding hydrogens is 258 g/mol. The fourth-order valence-corrected chi connectivity index (χ4v) is 1.94. The van der Waals surface area contributed by atoms with Crippen LogP contribution >= 0.6 is 15.9 Å². The van der Waals surface area contributed by atoms with E-state index in [1.54, 1.807) is 0 Å². The Morgan fingerprint density at radius 2 is 2.27 bits per heavy atom. The molecule has 1 aromatic rings. The van der Waals surface area contributed by atoms with Crippen LogP contribution < -0.4 is 5.73 Å². The lowest BCUT2D eigenvalue weighted by Crippen LogP contribution is -2.17. The van der Waals surface area contributed by atoms with Crippen molar-refractivity contribution in [1.82, 2.24) is 0 Å². The molecule has 0 heterocycles. The maximum absolute atomic E-state index is 11.1. The average molecular weight is 272 g/mol. The van der Waals surface area contributed by atoms with Crippen molar-refractivity contribution < 1.29 is 9.90 Å². The zero-order chi connectivity index (χ0) is 11.4. The summed E-state index contributed by atoms with van der Waals surface area (Å²) < 4.78 is 0.895. The third kappa shape index (κ3) is 3.04. The molecule has 1 rings (SSSR count). The van der Waals surface area contributed by atoms with Crippen LogP contribution in [0.5, 0.6) is 0 Å². The molecule has 0 aliphatic rings. The number of carboxylic acid groups (broad SMARTS) is 1. The highest BCUT2D eigenvalue weighted by atomic mass is 79.9. The largest absolute Gasteiger partial charge is 0.481 e. The van der Waals surface area contributed by atoms with Crippen molar-refractivity contribution in [3.8, 4) is 0 Å². The molecule has 0 amide bonds. The molecule has 3 N–H and O–H groups in total. The summed E-state index contributed by atoms with van der Waals surface area (Å²) in [4.78, 5) is 11.1. The van der Waals surface area contributed by atoms with E-state index in [1.807, 2.05) is 25.1 Å². The minimum absolute atomic E-state index is 0.378. The fraction of sp³-hybridized carbons (Fsp3) is 0.364. The van der Waals surface area contributed by atoms with Crippen molar-refractivity contribution in [2.75, 3.05) is 6.54 Å². The van der Waals surface area contributed by atoms with Crippen LogP contribution in [-0.4, -0.2) is 17.6 Å². The summed E-state index contributed by atoms with van der Waals surface area (Å²) in [5, 5.41) is 9.10. The van der Waals surface area contributed by atoms with Crippen LogP contribution in [0, 0.1) is 6.92 Å². The van der Waals surface area contributed by atoms with Crippen molar-refractivity contribution in [1.29, 1.82) is 0 Å².